The van der Waals surface area contributed by atoms with Crippen LogP contribution >= 0.6 is 0 Å². The molecule has 0 aliphatic carbocycles. The maximum absolute atomic E-state index is 8.75. The van der Waals surface area contributed by atoms with Crippen LogP contribution in [0.25, 0.3) is 87.6 Å². The van der Waals surface area contributed by atoms with Gasteiger partial charge in [0.2, 0.25) is 0 Å². The Morgan fingerprint density at radius 2 is 1.04 bits per heavy atom. The first-order valence-corrected chi connectivity index (χ1v) is 16.9. The van der Waals surface area contributed by atoms with Crippen molar-refractivity contribution >= 4 is 54.3 Å². The van der Waals surface area contributed by atoms with Crippen LogP contribution in [0.3, 0.4) is 0 Å². The second-order valence-corrected chi connectivity index (χ2v) is 12.8. The lowest BCUT2D eigenvalue weighted by Gasteiger charge is -2.19. The van der Waals surface area contributed by atoms with Gasteiger partial charge < -0.3 is 4.42 Å². The van der Waals surface area contributed by atoms with E-state index in [2.05, 4.69) is 121 Å². The van der Waals surface area contributed by atoms with Crippen molar-refractivity contribution in [2.24, 2.45) is 0 Å². The number of rotatable bonds is 5. The summed E-state index contributed by atoms with van der Waals surface area (Å²) in [7, 11) is 0. The minimum Gasteiger partial charge on any atom is -0.455 e. The molecule has 1 heterocycles. The molecule has 234 valence electrons. The van der Waals surface area contributed by atoms with E-state index in [4.69, 9.17) is 11.3 Å². The zero-order valence-electron chi connectivity index (χ0n) is 32.0. The molecule has 0 spiro atoms. The molecule has 0 aliphatic rings. The molecule has 0 saturated heterocycles. The van der Waals surface area contributed by atoms with Crippen molar-refractivity contribution in [3.05, 3.63) is 193 Å². The van der Waals surface area contributed by atoms with Gasteiger partial charge in [0.05, 0.1) is 6.85 Å². The molecule has 1 aromatic heterocycles. The molecule has 0 radical (unpaired) electrons. The third-order valence-corrected chi connectivity index (χ3v) is 10.0. The smallest absolute Gasteiger partial charge is 0.143 e. The molecule has 0 unspecified atom stereocenters. The SMILES string of the molecule is [2H]c1c([2H])c([2H])c(-c2ccccc2Cc2c3ccccc3c(-c3ccc4oc5c6ccccc6c(-c6ccccc6)cc5c4c3)c3ccccc23)c([2H])c1[2H]. The average Bonchev–Trinajstić information content (AvgIpc) is 3.61. The monoisotopic (exact) mass is 641 g/mol. The molecular formula is C49H32O. The lowest BCUT2D eigenvalue weighted by molar-refractivity contribution is 0.673. The molecule has 9 aromatic carbocycles. The van der Waals surface area contributed by atoms with E-state index in [1.165, 1.54) is 5.56 Å². The Morgan fingerprint density at radius 3 is 1.78 bits per heavy atom. The van der Waals surface area contributed by atoms with E-state index in [1.807, 2.05) is 30.3 Å². The van der Waals surface area contributed by atoms with Gasteiger partial charge in [-0.15, -0.1) is 0 Å². The van der Waals surface area contributed by atoms with Gasteiger partial charge >= 0.3 is 0 Å². The van der Waals surface area contributed by atoms with E-state index < -0.39 is 6.04 Å². The van der Waals surface area contributed by atoms with E-state index in [1.54, 1.807) is 0 Å². The van der Waals surface area contributed by atoms with Crippen LogP contribution in [0.15, 0.2) is 186 Å². The van der Waals surface area contributed by atoms with Crippen LogP contribution in [0, 0.1) is 0 Å². The van der Waals surface area contributed by atoms with Crippen LogP contribution in [0.4, 0.5) is 0 Å². The average molecular weight is 642 g/mol. The molecule has 0 amide bonds. The second-order valence-electron chi connectivity index (χ2n) is 12.8. The summed E-state index contributed by atoms with van der Waals surface area (Å²) in [6.07, 6.45) is 0.500. The van der Waals surface area contributed by atoms with Crippen LogP contribution in [-0.4, -0.2) is 0 Å². The van der Waals surface area contributed by atoms with Gasteiger partial charge in [0.25, 0.3) is 0 Å². The van der Waals surface area contributed by atoms with Crippen LogP contribution in [0.2, 0.25) is 0 Å². The summed E-state index contributed by atoms with van der Waals surface area (Å²) in [5.41, 5.74) is 9.12. The Balaban J connectivity index is 1.20. The molecule has 0 bridgehead atoms. The van der Waals surface area contributed by atoms with Gasteiger partial charge in [0, 0.05) is 16.2 Å². The Kier molecular flexibility index (Phi) is 5.53. The van der Waals surface area contributed by atoms with Crippen LogP contribution in [0.1, 0.15) is 18.0 Å². The van der Waals surface area contributed by atoms with Crippen molar-refractivity contribution in [3.8, 4) is 33.4 Å². The first kappa shape index (κ1) is 23.8. The van der Waals surface area contributed by atoms with Gasteiger partial charge in [0.1, 0.15) is 11.2 Å². The number of fused-ring (bicyclic) bond motifs is 7. The summed E-state index contributed by atoms with van der Waals surface area (Å²) in [6, 6.07) is 50.9. The third-order valence-electron chi connectivity index (χ3n) is 10.0. The summed E-state index contributed by atoms with van der Waals surface area (Å²) in [4.78, 5) is 0. The lowest BCUT2D eigenvalue weighted by atomic mass is 9.85. The van der Waals surface area contributed by atoms with Crippen molar-refractivity contribution in [1.82, 2.24) is 0 Å². The Hall–Kier alpha value is -6.44. The zero-order valence-corrected chi connectivity index (χ0v) is 27.0. The third kappa shape index (κ3) is 4.55. The Bertz CT molecular complexity index is 3100. The van der Waals surface area contributed by atoms with Crippen LogP contribution < -0.4 is 0 Å². The maximum Gasteiger partial charge on any atom is 0.143 e. The lowest BCUT2D eigenvalue weighted by Crippen LogP contribution is -1.97. The van der Waals surface area contributed by atoms with E-state index in [0.29, 0.717) is 12.0 Å². The van der Waals surface area contributed by atoms with Gasteiger partial charge in [0.15, 0.2) is 0 Å². The first-order valence-electron chi connectivity index (χ1n) is 19.4. The molecule has 0 aliphatic heterocycles. The Labute approximate surface area is 297 Å². The molecule has 0 N–H and O–H groups in total. The molecule has 0 atom stereocenters. The number of hydrogen-bond donors (Lipinski definition) is 0. The predicted octanol–water partition coefficient (Wildman–Crippen LogP) is 13.6. The highest BCUT2D eigenvalue weighted by Crippen LogP contribution is 2.44. The molecule has 50 heavy (non-hydrogen) atoms. The van der Waals surface area contributed by atoms with E-state index >= 15 is 0 Å². The highest BCUT2D eigenvalue weighted by atomic mass is 16.3. The fraction of sp³-hybridized carbons (Fsp3) is 0.0204. The van der Waals surface area contributed by atoms with Crippen LogP contribution in [0.5, 0.6) is 0 Å². The van der Waals surface area contributed by atoms with Gasteiger partial charge in [-0.2, -0.15) is 0 Å². The quantitative estimate of drug-likeness (QED) is 0.170. The van der Waals surface area contributed by atoms with E-state index in [-0.39, 0.29) is 29.7 Å². The van der Waals surface area contributed by atoms with Crippen molar-refractivity contribution in [3.63, 3.8) is 0 Å². The molecule has 10 rings (SSSR count). The van der Waals surface area contributed by atoms with Crippen molar-refractivity contribution in [2.75, 3.05) is 0 Å². The highest BCUT2D eigenvalue weighted by Gasteiger charge is 2.19. The van der Waals surface area contributed by atoms with E-state index in [9.17, 15) is 0 Å². The fourth-order valence-electron chi connectivity index (χ4n) is 7.82. The molecule has 0 fully saturated rings. The van der Waals surface area contributed by atoms with E-state index in [0.717, 1.165) is 82.1 Å². The fourth-order valence-corrected chi connectivity index (χ4v) is 7.82. The number of hydrogen-bond acceptors (Lipinski definition) is 1. The summed E-state index contributed by atoms with van der Waals surface area (Å²) in [6.45, 7) is 0. The van der Waals surface area contributed by atoms with Gasteiger partial charge in [-0.25, -0.2) is 0 Å². The first-order chi connectivity index (χ1) is 26.9. The van der Waals surface area contributed by atoms with Gasteiger partial charge in [-0.1, -0.05) is 164 Å². The molecule has 0 saturated carbocycles. The predicted molar refractivity (Wildman–Crippen MR) is 212 cm³/mol. The summed E-state index contributed by atoms with van der Waals surface area (Å²) < 4.78 is 49.0. The Morgan fingerprint density at radius 1 is 0.420 bits per heavy atom. The number of furan rings is 1. The minimum atomic E-state index is -0.393. The zero-order chi connectivity index (χ0) is 37.4. The summed E-state index contributed by atoms with van der Waals surface area (Å²) in [5, 5.41) is 8.78. The number of benzene rings is 9. The molecule has 10 aromatic rings. The van der Waals surface area contributed by atoms with Gasteiger partial charge in [-0.3, -0.25) is 0 Å². The van der Waals surface area contributed by atoms with Crippen LogP contribution in [-0.2, 0) is 6.42 Å². The second kappa shape index (κ2) is 11.6. The molecule has 1 nitrogen and oxygen atoms in total. The standard InChI is InChI=1S/C49H32O/c1-3-15-32(16-4-1)36-20-8-7-19-34(36)29-44-37-21-9-12-24-40(37)48(41-25-13-10-22-38(41)44)35-27-28-47-45(30-35)46-31-43(33-17-5-2-6-18-33)39-23-11-14-26-42(39)49(46)50-47/h1-28,30-31H,29H2/i1D,3D,4D,15D,16D. The van der Waals surface area contributed by atoms with Crippen molar-refractivity contribution < 1.29 is 11.3 Å². The molecule has 1 heteroatoms. The van der Waals surface area contributed by atoms with Crippen molar-refractivity contribution in [1.29, 1.82) is 0 Å². The van der Waals surface area contributed by atoms with Crippen molar-refractivity contribution in [2.45, 2.75) is 6.42 Å². The minimum absolute atomic E-state index is 0.199. The topological polar surface area (TPSA) is 13.1 Å². The normalized spacial score (nSPS) is 13.1. The van der Waals surface area contributed by atoms with Gasteiger partial charge in [-0.05, 0) is 96.1 Å². The molecular weight excluding hydrogens is 605 g/mol. The highest BCUT2D eigenvalue weighted by molar-refractivity contribution is 6.21. The summed E-state index contributed by atoms with van der Waals surface area (Å²) in [5.74, 6) is 0. The largest absolute Gasteiger partial charge is 0.455 e. The maximum atomic E-state index is 8.75. The summed E-state index contributed by atoms with van der Waals surface area (Å²) >= 11 is 0.